The predicted octanol–water partition coefficient (Wildman–Crippen LogP) is 4.04. The normalized spacial score (nSPS) is 10.8. The molecule has 3 aromatic carbocycles. The van der Waals surface area contributed by atoms with Gasteiger partial charge in [-0.3, -0.25) is 14.8 Å². The van der Waals surface area contributed by atoms with Crippen molar-refractivity contribution in [2.24, 2.45) is 0 Å². The van der Waals surface area contributed by atoms with Crippen molar-refractivity contribution in [1.29, 1.82) is 0 Å². The molecule has 0 aliphatic carbocycles. The number of nitrogens with one attached hydrogen (secondary N) is 1. The zero-order chi connectivity index (χ0) is 15.6. The lowest BCUT2D eigenvalue weighted by Crippen LogP contribution is -2.12. The van der Waals surface area contributed by atoms with Gasteiger partial charge in [-0.15, -0.1) is 0 Å². The van der Waals surface area contributed by atoms with E-state index in [9.17, 15) is 4.79 Å². The van der Waals surface area contributed by atoms with Gasteiger partial charge in [-0.05, 0) is 29.7 Å². The third-order valence-electron chi connectivity index (χ3n) is 3.77. The minimum Gasteiger partial charge on any atom is -0.321 e. The van der Waals surface area contributed by atoms with E-state index < -0.39 is 0 Å². The molecule has 0 saturated carbocycles. The number of benzene rings is 3. The lowest BCUT2D eigenvalue weighted by molar-refractivity contribution is 0.102. The molecule has 0 aliphatic heterocycles. The summed E-state index contributed by atoms with van der Waals surface area (Å²) in [4.78, 5) is 21.0. The number of carbonyl (C=O) groups excluding carboxylic acids is 1. The summed E-state index contributed by atoms with van der Waals surface area (Å²) in [7, 11) is 0. The lowest BCUT2D eigenvalue weighted by atomic mass is 10.1. The molecule has 0 spiro atoms. The number of rotatable bonds is 2. The van der Waals surface area contributed by atoms with Crippen molar-refractivity contribution in [3.8, 4) is 0 Å². The maximum atomic E-state index is 12.5. The number of aromatic nitrogens is 2. The van der Waals surface area contributed by atoms with Crippen LogP contribution in [0.4, 0.5) is 5.69 Å². The Kier molecular flexibility index (Phi) is 3.20. The van der Waals surface area contributed by atoms with Gasteiger partial charge >= 0.3 is 0 Å². The number of carbonyl (C=O) groups is 1. The second-order valence-corrected chi connectivity index (χ2v) is 5.24. The molecule has 1 aromatic heterocycles. The largest absolute Gasteiger partial charge is 0.321 e. The summed E-state index contributed by atoms with van der Waals surface area (Å²) in [5.74, 6) is -0.158. The fraction of sp³-hybridized carbons (Fsp3) is 0. The van der Waals surface area contributed by atoms with Crippen molar-refractivity contribution in [1.82, 2.24) is 9.97 Å². The van der Waals surface area contributed by atoms with E-state index in [1.54, 1.807) is 30.6 Å². The summed E-state index contributed by atoms with van der Waals surface area (Å²) < 4.78 is 0. The van der Waals surface area contributed by atoms with Gasteiger partial charge in [-0.25, -0.2) is 0 Å². The van der Waals surface area contributed by atoms with Crippen LogP contribution < -0.4 is 5.32 Å². The van der Waals surface area contributed by atoms with Gasteiger partial charge in [0.1, 0.15) is 0 Å². The van der Waals surface area contributed by atoms with Crippen LogP contribution in [-0.2, 0) is 0 Å². The van der Waals surface area contributed by atoms with Crippen molar-refractivity contribution in [3.05, 3.63) is 78.6 Å². The third-order valence-corrected chi connectivity index (χ3v) is 3.77. The summed E-state index contributed by atoms with van der Waals surface area (Å²) >= 11 is 0. The van der Waals surface area contributed by atoms with Gasteiger partial charge in [0, 0.05) is 29.0 Å². The van der Waals surface area contributed by atoms with Crippen LogP contribution in [-0.4, -0.2) is 15.9 Å². The van der Waals surface area contributed by atoms with E-state index in [1.165, 1.54) is 0 Å². The van der Waals surface area contributed by atoms with Gasteiger partial charge < -0.3 is 5.32 Å². The van der Waals surface area contributed by atoms with Crippen molar-refractivity contribution in [2.45, 2.75) is 0 Å². The van der Waals surface area contributed by atoms with Crippen LogP contribution >= 0.6 is 0 Å². The molecule has 4 heteroatoms. The molecule has 1 heterocycles. The average Bonchev–Trinajstić information content (AvgIpc) is 2.61. The quantitative estimate of drug-likeness (QED) is 0.608. The Morgan fingerprint density at radius 3 is 2.52 bits per heavy atom. The SMILES string of the molecule is O=C(Nc1cccc2ccccc12)c1ccc2nccnc2c1. The summed E-state index contributed by atoms with van der Waals surface area (Å²) in [5, 5.41) is 5.09. The van der Waals surface area contributed by atoms with Crippen molar-refractivity contribution in [3.63, 3.8) is 0 Å². The predicted molar refractivity (Wildman–Crippen MR) is 91.4 cm³/mol. The first-order chi connectivity index (χ1) is 11.3. The van der Waals surface area contributed by atoms with Gasteiger partial charge in [0.2, 0.25) is 0 Å². The Morgan fingerprint density at radius 2 is 1.61 bits per heavy atom. The minimum atomic E-state index is -0.158. The molecule has 0 fully saturated rings. The second kappa shape index (κ2) is 5.50. The van der Waals surface area contributed by atoms with Crippen molar-refractivity contribution in [2.75, 3.05) is 5.32 Å². The maximum absolute atomic E-state index is 12.5. The molecular weight excluding hydrogens is 286 g/mol. The molecule has 23 heavy (non-hydrogen) atoms. The van der Waals surface area contributed by atoms with Crippen LogP contribution in [0.25, 0.3) is 21.8 Å². The zero-order valence-corrected chi connectivity index (χ0v) is 12.2. The van der Waals surface area contributed by atoms with Gasteiger partial charge in [0.25, 0.3) is 5.91 Å². The highest BCUT2D eigenvalue weighted by Crippen LogP contribution is 2.23. The second-order valence-electron chi connectivity index (χ2n) is 5.24. The third kappa shape index (κ3) is 2.51. The molecule has 0 atom stereocenters. The molecule has 1 N–H and O–H groups in total. The van der Waals surface area contributed by atoms with Crippen LogP contribution in [0.5, 0.6) is 0 Å². The van der Waals surface area contributed by atoms with E-state index >= 15 is 0 Å². The van der Waals surface area contributed by atoms with E-state index in [4.69, 9.17) is 0 Å². The number of anilines is 1. The Hall–Kier alpha value is -3.27. The molecule has 4 rings (SSSR count). The number of hydrogen-bond acceptors (Lipinski definition) is 3. The Balaban J connectivity index is 1.70. The molecule has 1 amide bonds. The van der Waals surface area contributed by atoms with Crippen molar-refractivity contribution >= 4 is 33.4 Å². The first kappa shape index (κ1) is 13.4. The van der Waals surface area contributed by atoms with E-state index in [0.717, 1.165) is 22.0 Å². The highest BCUT2D eigenvalue weighted by molar-refractivity contribution is 6.10. The highest BCUT2D eigenvalue weighted by Gasteiger charge is 2.09. The summed E-state index contributed by atoms with van der Waals surface area (Å²) in [6, 6.07) is 19.1. The maximum Gasteiger partial charge on any atom is 0.255 e. The Bertz CT molecular complexity index is 1020. The Labute approximate surface area is 132 Å². The van der Waals surface area contributed by atoms with Gasteiger partial charge in [-0.2, -0.15) is 0 Å². The molecule has 0 bridgehead atoms. The average molecular weight is 299 g/mol. The van der Waals surface area contributed by atoms with Crippen molar-refractivity contribution < 1.29 is 4.79 Å². The van der Waals surface area contributed by atoms with Gasteiger partial charge in [-0.1, -0.05) is 36.4 Å². The van der Waals surface area contributed by atoms with E-state index in [2.05, 4.69) is 15.3 Å². The summed E-state index contributed by atoms with van der Waals surface area (Å²) in [5.41, 5.74) is 2.84. The van der Waals surface area contributed by atoms with Crippen LogP contribution in [0, 0.1) is 0 Å². The van der Waals surface area contributed by atoms with E-state index in [0.29, 0.717) is 11.1 Å². The minimum absolute atomic E-state index is 0.158. The summed E-state index contributed by atoms with van der Waals surface area (Å²) in [6.45, 7) is 0. The smallest absolute Gasteiger partial charge is 0.255 e. The fourth-order valence-electron chi connectivity index (χ4n) is 2.63. The van der Waals surface area contributed by atoms with E-state index in [-0.39, 0.29) is 5.91 Å². The number of fused-ring (bicyclic) bond motifs is 2. The number of amides is 1. The number of hydrogen-bond donors (Lipinski definition) is 1. The monoisotopic (exact) mass is 299 g/mol. The van der Waals surface area contributed by atoms with Gasteiger partial charge in [0.15, 0.2) is 0 Å². The highest BCUT2D eigenvalue weighted by atomic mass is 16.1. The Morgan fingerprint density at radius 1 is 0.826 bits per heavy atom. The van der Waals surface area contributed by atoms with Crippen LogP contribution in [0.15, 0.2) is 73.1 Å². The summed E-state index contributed by atoms with van der Waals surface area (Å²) in [6.07, 6.45) is 3.26. The molecule has 0 radical (unpaired) electrons. The fourth-order valence-corrected chi connectivity index (χ4v) is 2.63. The zero-order valence-electron chi connectivity index (χ0n) is 12.2. The molecular formula is C19H13N3O. The first-order valence-electron chi connectivity index (χ1n) is 7.31. The number of nitrogens with zero attached hydrogens (tertiary/aromatic N) is 2. The molecule has 0 saturated heterocycles. The molecule has 0 aliphatic rings. The van der Waals surface area contributed by atoms with E-state index in [1.807, 2.05) is 42.5 Å². The van der Waals surface area contributed by atoms with Crippen LogP contribution in [0.1, 0.15) is 10.4 Å². The topological polar surface area (TPSA) is 54.9 Å². The first-order valence-corrected chi connectivity index (χ1v) is 7.31. The van der Waals surface area contributed by atoms with Crippen LogP contribution in [0.2, 0.25) is 0 Å². The molecule has 4 nitrogen and oxygen atoms in total. The molecule has 0 unspecified atom stereocenters. The molecule has 4 aromatic rings. The van der Waals surface area contributed by atoms with Gasteiger partial charge in [0.05, 0.1) is 11.0 Å². The standard InChI is InChI=1S/C19H13N3O/c23-19(14-8-9-17-18(12-14)21-11-10-20-17)22-16-7-3-5-13-4-1-2-6-15(13)16/h1-12H,(H,22,23). The molecule has 110 valence electrons. The lowest BCUT2D eigenvalue weighted by Gasteiger charge is -2.09. The van der Waals surface area contributed by atoms with Crippen LogP contribution in [0.3, 0.4) is 0 Å².